The molecule has 1 N–H and O–H groups in total. The van der Waals surface area contributed by atoms with Gasteiger partial charge in [0.1, 0.15) is 0 Å². The third-order valence-electron chi connectivity index (χ3n) is 12.7. The number of azide groups is 3. The maximum atomic E-state index is 9.63. The van der Waals surface area contributed by atoms with Gasteiger partial charge < -0.3 is 19.3 Å². The molecule has 0 heterocycles. The predicted molar refractivity (Wildman–Crippen MR) is 177 cm³/mol. The summed E-state index contributed by atoms with van der Waals surface area (Å²) in [7, 11) is 0. The van der Waals surface area contributed by atoms with Gasteiger partial charge in [-0.2, -0.15) is 0 Å². The number of aliphatic hydroxyl groups is 1. The van der Waals surface area contributed by atoms with E-state index in [1.54, 1.807) is 0 Å². The van der Waals surface area contributed by atoms with Crippen molar-refractivity contribution in [3.8, 4) is 0 Å². The van der Waals surface area contributed by atoms with E-state index in [1.807, 2.05) is 0 Å². The Hall–Kier alpha value is -2.23. The molecule has 13 heteroatoms. The number of fused-ring (bicyclic) bond motifs is 5. The van der Waals surface area contributed by atoms with Crippen LogP contribution in [0.2, 0.25) is 0 Å². The first-order valence-corrected chi connectivity index (χ1v) is 17.8. The average molecular weight is 644 g/mol. The summed E-state index contributed by atoms with van der Waals surface area (Å²) in [6.07, 6.45) is 12.0. The van der Waals surface area contributed by atoms with Crippen LogP contribution in [0.5, 0.6) is 0 Å². The van der Waals surface area contributed by atoms with Crippen molar-refractivity contribution in [3.63, 3.8) is 0 Å². The lowest BCUT2D eigenvalue weighted by Gasteiger charge is -2.65. The van der Waals surface area contributed by atoms with E-state index in [9.17, 15) is 5.11 Å². The predicted octanol–water partition coefficient (Wildman–Crippen LogP) is 8.53. The van der Waals surface area contributed by atoms with Crippen molar-refractivity contribution in [3.05, 3.63) is 31.3 Å². The van der Waals surface area contributed by atoms with Gasteiger partial charge in [0.15, 0.2) is 0 Å². The van der Waals surface area contributed by atoms with E-state index in [4.69, 9.17) is 30.8 Å². The molecule has 4 saturated carbocycles. The van der Waals surface area contributed by atoms with Gasteiger partial charge in [-0.25, -0.2) is 0 Å². The van der Waals surface area contributed by atoms with Gasteiger partial charge in [0.25, 0.3) is 0 Å². The van der Waals surface area contributed by atoms with Crippen LogP contribution in [0.3, 0.4) is 0 Å². The first-order valence-electron chi connectivity index (χ1n) is 17.8. The Morgan fingerprint density at radius 3 is 2.04 bits per heavy atom. The molecule has 0 unspecified atom stereocenters. The molecule has 0 bridgehead atoms. The lowest BCUT2D eigenvalue weighted by atomic mass is 9.43. The number of aliphatic hydroxyl groups excluding tert-OH is 1. The van der Waals surface area contributed by atoms with E-state index in [0.29, 0.717) is 75.0 Å². The lowest BCUT2D eigenvalue weighted by molar-refractivity contribution is -0.227. The summed E-state index contributed by atoms with van der Waals surface area (Å²) in [4.78, 5) is 8.71. The molecule has 0 saturated heterocycles. The maximum absolute atomic E-state index is 9.63. The SMILES string of the molecule is C[C@H](CCCO)[C@H]1CC[C@H]2[C@@H]3[C@H](OCCCN=[N+]=[N-])C[C@@H]4C[C@H](OCCCN=[N+]=[N-])CC[C@]4(C)[C@H]3C[C@H](OCCCN=[N+]=[N-])[C@]12C. The van der Waals surface area contributed by atoms with Gasteiger partial charge in [-0.05, 0) is 135 Å². The number of ether oxygens (including phenoxy) is 3. The second-order valence-electron chi connectivity index (χ2n) is 14.8. The second kappa shape index (κ2) is 17.8. The molecule has 0 radical (unpaired) electrons. The highest BCUT2D eigenvalue weighted by atomic mass is 16.5. The second-order valence-corrected chi connectivity index (χ2v) is 14.8. The van der Waals surface area contributed by atoms with Crippen LogP contribution in [-0.2, 0) is 14.2 Å². The van der Waals surface area contributed by atoms with Crippen LogP contribution in [0.1, 0.15) is 97.8 Å². The molecule has 0 aromatic rings. The van der Waals surface area contributed by atoms with E-state index in [0.717, 1.165) is 64.2 Å². The van der Waals surface area contributed by atoms with Crippen LogP contribution in [0, 0.1) is 46.3 Å². The maximum Gasteiger partial charge on any atom is 0.0637 e. The van der Waals surface area contributed by atoms with Gasteiger partial charge in [-0.1, -0.05) is 36.1 Å². The molecular weight excluding hydrogens is 586 g/mol. The van der Waals surface area contributed by atoms with Gasteiger partial charge in [0.05, 0.1) is 18.3 Å². The Kier molecular flexibility index (Phi) is 14.2. The van der Waals surface area contributed by atoms with Gasteiger partial charge >= 0.3 is 0 Å². The zero-order chi connectivity index (χ0) is 33.0. The Bertz CT molecular complexity index is 1110. The zero-order valence-corrected chi connectivity index (χ0v) is 28.3. The molecule has 46 heavy (non-hydrogen) atoms. The van der Waals surface area contributed by atoms with Crippen molar-refractivity contribution in [2.45, 2.75) is 116 Å². The molecule has 258 valence electrons. The molecule has 0 aliphatic heterocycles. The van der Waals surface area contributed by atoms with E-state index in [-0.39, 0.29) is 35.7 Å². The third kappa shape index (κ3) is 8.24. The Balaban J connectivity index is 1.61. The standard InChI is InChI=1S/C33H57N9O4/c1-23(8-4-16-43)26-9-10-27-31-28(22-30(33(26,27)3)46-19-7-15-39-42-36)32(2)12-11-25(44-17-5-13-37-40-34)20-24(32)21-29(31)45-18-6-14-38-41-35/h23-31,43H,4-22H2,1-3H3/t23-,24+,25-,26-,27+,28+,29-,30+,31+,32+,33-/m1/s1. The minimum atomic E-state index is -0.00331. The Labute approximate surface area is 274 Å². The molecule has 4 rings (SSSR count). The molecule has 0 aromatic heterocycles. The number of nitrogens with zero attached hydrogens (tertiary/aromatic N) is 9. The van der Waals surface area contributed by atoms with Crippen molar-refractivity contribution in [1.29, 1.82) is 0 Å². The Morgan fingerprint density at radius 2 is 1.41 bits per heavy atom. The van der Waals surface area contributed by atoms with Gasteiger partial charge in [-0.15, -0.1) is 0 Å². The lowest BCUT2D eigenvalue weighted by Crippen LogP contribution is -2.63. The topological polar surface area (TPSA) is 194 Å². The van der Waals surface area contributed by atoms with E-state index < -0.39 is 0 Å². The van der Waals surface area contributed by atoms with Crippen LogP contribution in [0.25, 0.3) is 31.3 Å². The minimum absolute atomic E-state index is 0.00331. The molecule has 4 aliphatic carbocycles. The highest BCUT2D eigenvalue weighted by Gasteiger charge is 2.66. The molecule has 0 spiro atoms. The monoisotopic (exact) mass is 643 g/mol. The summed E-state index contributed by atoms with van der Waals surface area (Å²) in [5.74, 6) is 2.86. The first kappa shape index (κ1) is 36.6. The summed E-state index contributed by atoms with van der Waals surface area (Å²) in [5.41, 5.74) is 26.3. The molecular formula is C33H57N9O4. The number of rotatable bonds is 19. The van der Waals surface area contributed by atoms with Crippen LogP contribution in [-0.4, -0.2) is 69.5 Å². The summed E-state index contributed by atoms with van der Waals surface area (Å²) in [5, 5.41) is 20.8. The fraction of sp³-hybridized carbons (Fsp3) is 1.00. The van der Waals surface area contributed by atoms with Crippen molar-refractivity contribution < 1.29 is 19.3 Å². The van der Waals surface area contributed by atoms with Crippen molar-refractivity contribution in [2.24, 2.45) is 61.7 Å². The van der Waals surface area contributed by atoms with Crippen molar-refractivity contribution in [2.75, 3.05) is 46.1 Å². The number of hydrogen-bond donors (Lipinski definition) is 1. The highest BCUT2D eigenvalue weighted by Crippen LogP contribution is 2.69. The summed E-state index contributed by atoms with van der Waals surface area (Å²) >= 11 is 0. The summed E-state index contributed by atoms with van der Waals surface area (Å²) in [6, 6.07) is 0. The quantitative estimate of drug-likeness (QED) is 0.0637. The normalized spacial score (nSPS) is 37.0. The molecule has 0 aromatic carbocycles. The zero-order valence-electron chi connectivity index (χ0n) is 28.3. The van der Waals surface area contributed by atoms with Crippen molar-refractivity contribution in [1.82, 2.24) is 0 Å². The Morgan fingerprint density at radius 1 is 0.783 bits per heavy atom. The van der Waals surface area contributed by atoms with Crippen LogP contribution in [0.15, 0.2) is 15.3 Å². The third-order valence-corrected chi connectivity index (χ3v) is 12.7. The average Bonchev–Trinajstić information content (AvgIpc) is 3.41. The minimum Gasteiger partial charge on any atom is -0.396 e. The summed E-state index contributed by atoms with van der Waals surface area (Å²) in [6.45, 7) is 10.8. The molecule has 4 aliphatic rings. The van der Waals surface area contributed by atoms with E-state index >= 15 is 0 Å². The van der Waals surface area contributed by atoms with E-state index in [2.05, 4.69) is 50.8 Å². The molecule has 13 nitrogen and oxygen atoms in total. The van der Waals surface area contributed by atoms with Gasteiger partial charge in [0, 0.05) is 66.2 Å². The van der Waals surface area contributed by atoms with E-state index in [1.165, 1.54) is 12.8 Å². The largest absolute Gasteiger partial charge is 0.396 e. The fourth-order valence-corrected chi connectivity index (χ4v) is 10.5. The van der Waals surface area contributed by atoms with Crippen LogP contribution in [0.4, 0.5) is 0 Å². The van der Waals surface area contributed by atoms with Crippen molar-refractivity contribution >= 4 is 0 Å². The molecule has 0 amide bonds. The van der Waals surface area contributed by atoms with Gasteiger partial charge in [-0.3, -0.25) is 0 Å². The highest BCUT2D eigenvalue weighted by molar-refractivity contribution is 5.15. The molecule has 11 atom stereocenters. The number of hydrogen-bond acceptors (Lipinski definition) is 7. The van der Waals surface area contributed by atoms with Crippen LogP contribution < -0.4 is 0 Å². The fourth-order valence-electron chi connectivity index (χ4n) is 10.5. The first-order chi connectivity index (χ1) is 22.3. The van der Waals surface area contributed by atoms with Crippen LogP contribution >= 0.6 is 0 Å². The summed E-state index contributed by atoms with van der Waals surface area (Å²) < 4.78 is 20.1. The van der Waals surface area contributed by atoms with Gasteiger partial charge in [0.2, 0.25) is 0 Å². The molecule has 4 fully saturated rings. The smallest absolute Gasteiger partial charge is 0.0637 e.